The highest BCUT2D eigenvalue weighted by Gasteiger charge is 1.89. The van der Waals surface area contributed by atoms with Crippen LogP contribution in [0.3, 0.4) is 0 Å². The van der Waals surface area contributed by atoms with E-state index in [0.29, 0.717) is 10.5 Å². The summed E-state index contributed by atoms with van der Waals surface area (Å²) in [5.74, 6) is 0.369. The van der Waals surface area contributed by atoms with Crippen molar-refractivity contribution in [3.8, 4) is 5.88 Å². The molecule has 5 heteroatoms. The summed E-state index contributed by atoms with van der Waals surface area (Å²) in [6.45, 7) is 0. The lowest BCUT2D eigenvalue weighted by atomic mass is 10.6. The van der Waals surface area contributed by atoms with Crippen LogP contribution < -0.4 is 10.4 Å². The van der Waals surface area contributed by atoms with Crippen molar-refractivity contribution in [2.45, 2.75) is 0 Å². The second kappa shape index (κ2) is 2.66. The number of hydrogen-bond donors (Lipinski definition) is 2. The van der Waals surface area contributed by atoms with Gasteiger partial charge >= 0.3 is 5.69 Å². The van der Waals surface area contributed by atoms with E-state index in [9.17, 15) is 4.79 Å². The van der Waals surface area contributed by atoms with Gasteiger partial charge < -0.3 is 4.74 Å². The van der Waals surface area contributed by atoms with Gasteiger partial charge in [0.1, 0.15) is 4.64 Å². The lowest BCUT2D eigenvalue weighted by Crippen LogP contribution is -2.10. The molecule has 0 amide bonds. The van der Waals surface area contributed by atoms with Crippen LogP contribution in [0, 0.1) is 4.64 Å². The van der Waals surface area contributed by atoms with E-state index < -0.39 is 0 Å². The first kappa shape index (κ1) is 7.01. The molecule has 0 aliphatic heterocycles. The number of methoxy groups -OCH3 is 1. The molecule has 0 saturated heterocycles. The van der Waals surface area contributed by atoms with Crippen LogP contribution in [0.25, 0.3) is 0 Å². The molecule has 0 saturated carbocycles. The predicted molar refractivity (Wildman–Crippen MR) is 38.8 cm³/mol. The van der Waals surface area contributed by atoms with Gasteiger partial charge in [0.25, 0.3) is 0 Å². The van der Waals surface area contributed by atoms with Gasteiger partial charge in [-0.2, -0.15) is 0 Å². The number of rotatable bonds is 1. The minimum Gasteiger partial charge on any atom is -0.482 e. The molecule has 10 heavy (non-hydrogen) atoms. The Morgan fingerprint density at radius 1 is 1.60 bits per heavy atom. The summed E-state index contributed by atoms with van der Waals surface area (Å²) in [5, 5.41) is 0. The van der Waals surface area contributed by atoms with Crippen LogP contribution >= 0.6 is 12.2 Å². The molecule has 0 radical (unpaired) electrons. The van der Waals surface area contributed by atoms with E-state index in [2.05, 4.69) is 9.97 Å². The number of nitrogens with one attached hydrogen (secondary N) is 2. The Labute approximate surface area is 61.9 Å². The van der Waals surface area contributed by atoms with Crippen molar-refractivity contribution in [1.29, 1.82) is 0 Å². The molecule has 54 valence electrons. The number of hydrogen-bond acceptors (Lipinski definition) is 3. The number of aromatic amines is 2. The fourth-order valence-electron chi connectivity index (χ4n) is 0.556. The van der Waals surface area contributed by atoms with Crippen LogP contribution in [0.5, 0.6) is 5.88 Å². The van der Waals surface area contributed by atoms with E-state index in [1.165, 1.54) is 13.2 Å². The zero-order valence-corrected chi connectivity index (χ0v) is 6.12. The fraction of sp³-hybridized carbons (Fsp3) is 0.200. The zero-order chi connectivity index (χ0) is 7.56. The lowest BCUT2D eigenvalue weighted by molar-refractivity contribution is 0.395. The molecule has 2 N–H and O–H groups in total. The van der Waals surface area contributed by atoms with Crippen molar-refractivity contribution in [3.05, 3.63) is 21.2 Å². The van der Waals surface area contributed by atoms with E-state index >= 15 is 0 Å². The first-order valence-electron chi connectivity index (χ1n) is 2.60. The van der Waals surface area contributed by atoms with Crippen molar-refractivity contribution in [3.63, 3.8) is 0 Å². The van der Waals surface area contributed by atoms with Gasteiger partial charge in [0.2, 0.25) is 0 Å². The summed E-state index contributed by atoms with van der Waals surface area (Å²) in [4.78, 5) is 15.4. The maximum atomic E-state index is 10.6. The normalized spacial score (nSPS) is 9.30. The van der Waals surface area contributed by atoms with Crippen molar-refractivity contribution in [2.75, 3.05) is 7.11 Å². The largest absolute Gasteiger partial charge is 0.482 e. The molecule has 1 rings (SSSR count). The van der Waals surface area contributed by atoms with Gasteiger partial charge in [-0.25, -0.2) is 4.79 Å². The van der Waals surface area contributed by atoms with Crippen molar-refractivity contribution < 1.29 is 4.74 Å². The molecular weight excluding hydrogens is 152 g/mol. The molecule has 1 aromatic rings. The summed E-state index contributed by atoms with van der Waals surface area (Å²) in [5.41, 5.74) is -0.357. The number of ether oxygens (including phenoxy) is 1. The van der Waals surface area contributed by atoms with E-state index in [0.717, 1.165) is 0 Å². The second-order valence-corrected chi connectivity index (χ2v) is 2.10. The maximum absolute atomic E-state index is 10.6. The van der Waals surface area contributed by atoms with Crippen LogP contribution in [0.1, 0.15) is 0 Å². The zero-order valence-electron chi connectivity index (χ0n) is 5.30. The monoisotopic (exact) mass is 158 g/mol. The molecular formula is C5H6N2O2S. The molecule has 0 fully saturated rings. The number of H-pyrrole nitrogens is 2. The van der Waals surface area contributed by atoms with E-state index in [1.807, 2.05) is 0 Å². The van der Waals surface area contributed by atoms with E-state index in [1.54, 1.807) is 0 Å². The predicted octanol–water partition coefficient (Wildman–Crippen LogP) is 0.441. The first-order chi connectivity index (χ1) is 4.72. The highest BCUT2D eigenvalue weighted by atomic mass is 32.1. The quantitative estimate of drug-likeness (QED) is 0.583. The Hall–Kier alpha value is -1.10. The van der Waals surface area contributed by atoms with Crippen LogP contribution in [0.4, 0.5) is 0 Å². The Kier molecular flexibility index (Phi) is 1.86. The van der Waals surface area contributed by atoms with Crippen molar-refractivity contribution in [2.24, 2.45) is 0 Å². The highest BCUT2D eigenvalue weighted by Crippen LogP contribution is 1.98. The SMILES string of the molecule is COc1cc(=S)[nH]c(=O)[nH]1. The molecule has 0 aliphatic carbocycles. The molecule has 0 aliphatic rings. The molecule has 0 bridgehead atoms. The van der Waals surface area contributed by atoms with Gasteiger partial charge in [-0.15, -0.1) is 0 Å². The second-order valence-electron chi connectivity index (χ2n) is 1.66. The minimum atomic E-state index is -0.357. The standard InChI is InChI=1S/C5H6N2O2S/c1-9-3-2-4(10)7-5(8)6-3/h2H,1H3,(H2,6,7,8,10). The van der Waals surface area contributed by atoms with Gasteiger partial charge in [-0.3, -0.25) is 9.97 Å². The molecule has 1 heterocycles. The first-order valence-corrected chi connectivity index (χ1v) is 3.01. The summed E-state index contributed by atoms with van der Waals surface area (Å²) in [7, 11) is 1.46. The Balaban J connectivity index is 3.33. The molecule has 0 spiro atoms. The molecule has 1 aromatic heterocycles. The third-order valence-corrected chi connectivity index (χ3v) is 1.18. The van der Waals surface area contributed by atoms with Crippen molar-refractivity contribution >= 4 is 12.2 Å². The van der Waals surface area contributed by atoms with Gasteiger partial charge in [0, 0.05) is 6.07 Å². The van der Waals surface area contributed by atoms with Gasteiger partial charge in [0.05, 0.1) is 7.11 Å². The van der Waals surface area contributed by atoms with E-state index in [4.69, 9.17) is 17.0 Å². The third-order valence-electron chi connectivity index (χ3n) is 0.956. The van der Waals surface area contributed by atoms with E-state index in [-0.39, 0.29) is 5.69 Å². The smallest absolute Gasteiger partial charge is 0.326 e. The minimum absolute atomic E-state index is 0.357. The third kappa shape index (κ3) is 1.44. The summed E-state index contributed by atoms with van der Waals surface area (Å²) in [6.07, 6.45) is 0. The fourth-order valence-corrected chi connectivity index (χ4v) is 0.756. The number of aromatic nitrogens is 2. The van der Waals surface area contributed by atoms with Crippen LogP contribution in [0.15, 0.2) is 10.9 Å². The van der Waals surface area contributed by atoms with Crippen LogP contribution in [-0.2, 0) is 0 Å². The Bertz CT molecular complexity index is 299. The lowest BCUT2D eigenvalue weighted by Gasteiger charge is -1.95. The molecule has 0 aromatic carbocycles. The van der Waals surface area contributed by atoms with Gasteiger partial charge in [-0.05, 0) is 0 Å². The average Bonchev–Trinajstić information content (AvgIpc) is 1.85. The van der Waals surface area contributed by atoms with Gasteiger partial charge in [0.15, 0.2) is 5.88 Å². The van der Waals surface area contributed by atoms with Crippen LogP contribution in [0.2, 0.25) is 0 Å². The Morgan fingerprint density at radius 2 is 2.30 bits per heavy atom. The summed E-state index contributed by atoms with van der Waals surface area (Å²) in [6, 6.07) is 1.52. The van der Waals surface area contributed by atoms with Gasteiger partial charge in [-0.1, -0.05) is 12.2 Å². The Morgan fingerprint density at radius 3 is 2.80 bits per heavy atom. The van der Waals surface area contributed by atoms with Crippen molar-refractivity contribution in [1.82, 2.24) is 9.97 Å². The van der Waals surface area contributed by atoms with Crippen LogP contribution in [-0.4, -0.2) is 17.1 Å². The summed E-state index contributed by atoms with van der Waals surface area (Å²) >= 11 is 4.70. The maximum Gasteiger partial charge on any atom is 0.326 e. The summed E-state index contributed by atoms with van der Waals surface area (Å²) < 4.78 is 5.10. The highest BCUT2D eigenvalue weighted by molar-refractivity contribution is 7.71. The molecule has 0 unspecified atom stereocenters. The molecule has 0 atom stereocenters. The molecule has 4 nitrogen and oxygen atoms in total. The topological polar surface area (TPSA) is 57.9 Å². The average molecular weight is 158 g/mol.